The molecule has 1 aliphatic carbocycles. The molecule has 8 nitrogen and oxygen atoms in total. The molecular weight excluding hydrogens is 372 g/mol. The number of carboxylic acids is 1. The second kappa shape index (κ2) is 9.01. The van der Waals surface area contributed by atoms with Gasteiger partial charge < -0.3 is 15.2 Å². The molecule has 3 N–H and O–H groups in total. The largest absolute Gasteiger partial charge is 0.495 e. The van der Waals surface area contributed by atoms with Crippen molar-refractivity contribution in [2.24, 2.45) is 5.92 Å². The molecule has 0 bridgehead atoms. The summed E-state index contributed by atoms with van der Waals surface area (Å²) in [5.41, 5.74) is 0.503. The van der Waals surface area contributed by atoms with E-state index in [9.17, 15) is 18.0 Å². The molecule has 9 heteroatoms. The molecule has 1 saturated carbocycles. The Labute approximate surface area is 158 Å². The van der Waals surface area contributed by atoms with Crippen LogP contribution >= 0.6 is 0 Å². The van der Waals surface area contributed by atoms with E-state index in [1.165, 1.54) is 31.4 Å². The molecule has 1 atom stereocenters. The predicted molar refractivity (Wildman–Crippen MR) is 99.8 cm³/mol. The molecule has 1 unspecified atom stereocenters. The number of aliphatic carboxylic acids is 1. The summed E-state index contributed by atoms with van der Waals surface area (Å²) in [5, 5.41) is 11.6. The molecule has 1 amide bonds. The summed E-state index contributed by atoms with van der Waals surface area (Å²) in [6, 6.07) is 4.17. The van der Waals surface area contributed by atoms with Gasteiger partial charge in [-0.15, -0.1) is 0 Å². The van der Waals surface area contributed by atoms with Crippen molar-refractivity contribution in [3.8, 4) is 5.75 Å². The Kier molecular flexibility index (Phi) is 6.98. The number of benzene rings is 1. The lowest BCUT2D eigenvalue weighted by atomic mass is 10.1. The van der Waals surface area contributed by atoms with Gasteiger partial charge in [0.1, 0.15) is 10.6 Å². The molecule has 148 valence electrons. The lowest BCUT2D eigenvalue weighted by Gasteiger charge is -2.14. The molecule has 0 heterocycles. The summed E-state index contributed by atoms with van der Waals surface area (Å²) in [6.07, 6.45) is 4.45. The van der Waals surface area contributed by atoms with E-state index in [4.69, 9.17) is 9.84 Å². The quantitative estimate of drug-likeness (QED) is 0.514. The van der Waals surface area contributed by atoms with E-state index in [1.807, 2.05) is 0 Å². The Bertz CT molecular complexity index is 830. The van der Waals surface area contributed by atoms with Crippen LogP contribution in [0.4, 0.5) is 0 Å². The first-order chi connectivity index (χ1) is 12.8. The van der Waals surface area contributed by atoms with E-state index in [0.29, 0.717) is 5.56 Å². The van der Waals surface area contributed by atoms with Crippen molar-refractivity contribution < 1.29 is 27.9 Å². The maximum Gasteiger partial charge on any atom is 0.305 e. The number of sulfonamides is 1. The van der Waals surface area contributed by atoms with Gasteiger partial charge in [0, 0.05) is 18.7 Å². The fraction of sp³-hybridized carbons (Fsp3) is 0.444. The minimum absolute atomic E-state index is 0.0175. The molecule has 0 aromatic heterocycles. The average molecular weight is 396 g/mol. The zero-order valence-electron chi connectivity index (χ0n) is 15.3. The highest BCUT2D eigenvalue weighted by Gasteiger charge is 2.33. The first kappa shape index (κ1) is 20.9. The Balaban J connectivity index is 2.14. The first-order valence-electron chi connectivity index (χ1n) is 8.65. The molecule has 2 rings (SSSR count). The summed E-state index contributed by atoms with van der Waals surface area (Å²) in [7, 11) is -2.35. The summed E-state index contributed by atoms with van der Waals surface area (Å²) in [4.78, 5) is 23.0. The number of carboxylic acid groups (broad SMARTS) is 1. The standard InChI is InChI=1S/C18H24N2O6S/c1-3-19-27(24,25)16-10-12(4-8-15(16)26-2)5-9-17(21)20-14(11-18(22)23)13-6-7-13/h4-5,8-10,13-14,19H,3,6-7,11H2,1-2H3,(H,20,21)(H,22,23). The van der Waals surface area contributed by atoms with Crippen LogP contribution in [0.5, 0.6) is 5.75 Å². The second-order valence-electron chi connectivity index (χ2n) is 6.30. The number of carbonyl (C=O) groups excluding carboxylic acids is 1. The van der Waals surface area contributed by atoms with E-state index in [-0.39, 0.29) is 35.6 Å². The third-order valence-corrected chi connectivity index (χ3v) is 5.72. The zero-order chi connectivity index (χ0) is 20.0. The van der Waals surface area contributed by atoms with Gasteiger partial charge in [-0.05, 0) is 42.5 Å². The van der Waals surface area contributed by atoms with Gasteiger partial charge in [0.15, 0.2) is 0 Å². The van der Waals surface area contributed by atoms with Gasteiger partial charge in [0.25, 0.3) is 0 Å². The van der Waals surface area contributed by atoms with Crippen LogP contribution < -0.4 is 14.8 Å². The Hall–Kier alpha value is -2.39. The first-order valence-corrected chi connectivity index (χ1v) is 10.1. The number of carbonyl (C=O) groups is 2. The number of hydrogen-bond acceptors (Lipinski definition) is 5. The van der Waals surface area contributed by atoms with E-state index < -0.39 is 21.9 Å². The normalized spacial score (nSPS) is 15.5. The summed E-state index contributed by atoms with van der Waals surface area (Å²) < 4.78 is 32.1. The molecule has 1 aliphatic rings. The second-order valence-corrected chi connectivity index (χ2v) is 8.03. The number of hydrogen-bond donors (Lipinski definition) is 3. The van der Waals surface area contributed by atoms with E-state index in [0.717, 1.165) is 12.8 Å². The van der Waals surface area contributed by atoms with Gasteiger partial charge in [-0.1, -0.05) is 13.0 Å². The Morgan fingerprint density at radius 1 is 1.37 bits per heavy atom. The van der Waals surface area contributed by atoms with Crippen LogP contribution in [-0.2, 0) is 19.6 Å². The lowest BCUT2D eigenvalue weighted by Crippen LogP contribution is -2.37. The Morgan fingerprint density at radius 3 is 2.63 bits per heavy atom. The molecule has 1 aromatic rings. The van der Waals surface area contributed by atoms with Crippen LogP contribution in [0.2, 0.25) is 0 Å². The van der Waals surface area contributed by atoms with Crippen molar-refractivity contribution in [1.82, 2.24) is 10.0 Å². The molecule has 0 radical (unpaired) electrons. The van der Waals surface area contributed by atoms with Crippen molar-refractivity contribution in [1.29, 1.82) is 0 Å². The van der Waals surface area contributed by atoms with Crippen LogP contribution in [0.3, 0.4) is 0 Å². The van der Waals surface area contributed by atoms with E-state index in [1.54, 1.807) is 13.0 Å². The lowest BCUT2D eigenvalue weighted by molar-refractivity contribution is -0.137. The summed E-state index contributed by atoms with van der Waals surface area (Å²) in [6.45, 7) is 1.91. The smallest absolute Gasteiger partial charge is 0.305 e. The van der Waals surface area contributed by atoms with Crippen molar-refractivity contribution >= 4 is 28.0 Å². The van der Waals surface area contributed by atoms with Crippen molar-refractivity contribution in [2.45, 2.75) is 37.1 Å². The van der Waals surface area contributed by atoms with Gasteiger partial charge in [0.2, 0.25) is 15.9 Å². The van der Waals surface area contributed by atoms with Gasteiger partial charge in [-0.3, -0.25) is 9.59 Å². The van der Waals surface area contributed by atoms with Gasteiger partial charge in [-0.2, -0.15) is 0 Å². The SMILES string of the molecule is CCNS(=O)(=O)c1cc(C=CC(=O)NC(CC(=O)O)C2CC2)ccc1OC. The van der Waals surface area contributed by atoms with Gasteiger partial charge in [0.05, 0.1) is 13.5 Å². The van der Waals surface area contributed by atoms with Crippen LogP contribution in [-0.4, -0.2) is 45.1 Å². The minimum Gasteiger partial charge on any atom is -0.495 e. The van der Waals surface area contributed by atoms with E-state index in [2.05, 4.69) is 10.0 Å². The molecular formula is C18H24N2O6S. The number of methoxy groups -OCH3 is 1. The van der Waals surface area contributed by atoms with Crippen molar-refractivity contribution in [2.75, 3.05) is 13.7 Å². The summed E-state index contributed by atoms with van der Waals surface area (Å²) >= 11 is 0. The third kappa shape index (κ3) is 6.07. The third-order valence-electron chi connectivity index (χ3n) is 4.15. The number of rotatable bonds is 10. The van der Waals surface area contributed by atoms with Crippen LogP contribution in [0.15, 0.2) is 29.2 Å². The topological polar surface area (TPSA) is 122 Å². The fourth-order valence-electron chi connectivity index (χ4n) is 2.70. The Morgan fingerprint density at radius 2 is 2.07 bits per heavy atom. The maximum atomic E-state index is 12.3. The molecule has 0 saturated heterocycles. The highest BCUT2D eigenvalue weighted by atomic mass is 32.2. The number of amides is 1. The van der Waals surface area contributed by atoms with Crippen LogP contribution in [0, 0.1) is 5.92 Å². The van der Waals surface area contributed by atoms with Gasteiger partial charge >= 0.3 is 5.97 Å². The molecule has 1 fully saturated rings. The van der Waals surface area contributed by atoms with Crippen molar-refractivity contribution in [3.63, 3.8) is 0 Å². The van der Waals surface area contributed by atoms with Crippen molar-refractivity contribution in [3.05, 3.63) is 29.8 Å². The molecule has 0 spiro atoms. The van der Waals surface area contributed by atoms with Gasteiger partial charge in [-0.25, -0.2) is 13.1 Å². The zero-order valence-corrected chi connectivity index (χ0v) is 16.1. The van der Waals surface area contributed by atoms with Crippen LogP contribution in [0.25, 0.3) is 6.08 Å². The molecule has 1 aromatic carbocycles. The molecule has 27 heavy (non-hydrogen) atoms. The highest BCUT2D eigenvalue weighted by molar-refractivity contribution is 7.89. The minimum atomic E-state index is -3.72. The number of nitrogens with one attached hydrogen (secondary N) is 2. The molecule has 0 aliphatic heterocycles. The summed E-state index contributed by atoms with van der Waals surface area (Å²) in [5.74, 6) is -0.964. The highest BCUT2D eigenvalue weighted by Crippen LogP contribution is 2.34. The monoisotopic (exact) mass is 396 g/mol. The number of ether oxygens (including phenoxy) is 1. The van der Waals surface area contributed by atoms with E-state index >= 15 is 0 Å². The fourth-order valence-corrected chi connectivity index (χ4v) is 3.94. The predicted octanol–water partition coefficient (Wildman–Crippen LogP) is 1.38. The maximum absolute atomic E-state index is 12.3. The van der Waals surface area contributed by atoms with Crippen LogP contribution in [0.1, 0.15) is 31.7 Å². The average Bonchev–Trinajstić information content (AvgIpc) is 3.44.